The van der Waals surface area contributed by atoms with Gasteiger partial charge >= 0.3 is 5.97 Å². The van der Waals surface area contributed by atoms with Crippen molar-refractivity contribution >= 4 is 18.1 Å². The molecule has 2 N–H and O–H groups in total. The Hall–Kier alpha value is -4.52. The van der Waals surface area contributed by atoms with Gasteiger partial charge in [0.25, 0.3) is 11.1 Å². The van der Waals surface area contributed by atoms with Crippen molar-refractivity contribution in [1.29, 1.82) is 0 Å². The van der Waals surface area contributed by atoms with E-state index in [9.17, 15) is 14.4 Å². The van der Waals surface area contributed by atoms with Gasteiger partial charge in [0.2, 0.25) is 0 Å². The number of benzene rings is 2. The van der Waals surface area contributed by atoms with Crippen LogP contribution in [-0.4, -0.2) is 20.9 Å². The molecular weight excluding hydrogens is 406 g/mol. The smallest absolute Gasteiger partial charge is 0.343 e. The number of carbonyl (C=O) groups excluding carboxylic acids is 1. The van der Waals surface area contributed by atoms with Gasteiger partial charge in [-0.15, -0.1) is 0 Å². The first kappa shape index (κ1) is 20.7. The summed E-state index contributed by atoms with van der Waals surface area (Å²) in [5.74, 6) is -0.225. The Morgan fingerprint density at radius 2 is 1.50 bits per heavy atom. The SMILES string of the molecule is Cc1ccc(C(=O)Oc2ccc(C=c3[nH]c(=O)c(=Cc4ccccc4)[nH]c3=O)nc2)cc1. The first-order valence-electron chi connectivity index (χ1n) is 9.84. The summed E-state index contributed by atoms with van der Waals surface area (Å²) < 4.78 is 5.32. The van der Waals surface area contributed by atoms with Gasteiger partial charge in [0.05, 0.1) is 17.5 Å². The predicted molar refractivity (Wildman–Crippen MR) is 121 cm³/mol. The minimum Gasteiger partial charge on any atom is -0.421 e. The van der Waals surface area contributed by atoms with Crippen molar-refractivity contribution in [3.8, 4) is 5.75 Å². The Labute approximate surface area is 182 Å². The Morgan fingerprint density at radius 3 is 2.12 bits per heavy atom. The number of carbonyl (C=O) groups is 1. The maximum Gasteiger partial charge on any atom is 0.343 e. The quantitative estimate of drug-likeness (QED) is 0.484. The fraction of sp³-hybridized carbons (Fsp3) is 0.0400. The average Bonchev–Trinajstić information content (AvgIpc) is 2.79. The van der Waals surface area contributed by atoms with Crippen LogP contribution >= 0.6 is 0 Å². The zero-order valence-corrected chi connectivity index (χ0v) is 17.2. The number of esters is 1. The largest absolute Gasteiger partial charge is 0.421 e. The lowest BCUT2D eigenvalue weighted by molar-refractivity contribution is 0.0734. The second-order valence-electron chi connectivity index (χ2n) is 7.11. The molecule has 32 heavy (non-hydrogen) atoms. The summed E-state index contributed by atoms with van der Waals surface area (Å²) in [5.41, 5.74) is 1.81. The molecule has 0 saturated heterocycles. The lowest BCUT2D eigenvalue weighted by Gasteiger charge is -2.04. The minimum absolute atomic E-state index is 0.0668. The summed E-state index contributed by atoms with van der Waals surface area (Å²) in [4.78, 5) is 46.3. The third-order valence-corrected chi connectivity index (χ3v) is 4.65. The summed E-state index contributed by atoms with van der Waals surface area (Å²) in [6.45, 7) is 1.93. The van der Waals surface area contributed by atoms with Crippen LogP contribution in [0, 0.1) is 6.92 Å². The fourth-order valence-electron chi connectivity index (χ4n) is 2.95. The molecule has 4 aromatic rings. The number of nitrogens with one attached hydrogen (secondary N) is 2. The molecule has 0 unspecified atom stereocenters. The number of aromatic amines is 2. The van der Waals surface area contributed by atoms with Crippen LogP contribution in [0.25, 0.3) is 12.2 Å². The molecule has 0 aliphatic rings. The van der Waals surface area contributed by atoms with Crippen molar-refractivity contribution in [2.75, 3.05) is 0 Å². The van der Waals surface area contributed by atoms with Crippen LogP contribution in [-0.2, 0) is 0 Å². The van der Waals surface area contributed by atoms with Crippen molar-refractivity contribution in [3.05, 3.63) is 127 Å². The van der Waals surface area contributed by atoms with Crippen LogP contribution in [0.5, 0.6) is 5.75 Å². The van der Waals surface area contributed by atoms with E-state index in [1.165, 1.54) is 12.3 Å². The second-order valence-corrected chi connectivity index (χ2v) is 7.11. The molecule has 0 spiro atoms. The number of aryl methyl sites for hydroxylation is 1. The first-order valence-corrected chi connectivity index (χ1v) is 9.84. The van der Waals surface area contributed by atoms with Crippen molar-refractivity contribution in [2.24, 2.45) is 0 Å². The van der Waals surface area contributed by atoms with E-state index in [-0.39, 0.29) is 16.4 Å². The highest BCUT2D eigenvalue weighted by molar-refractivity contribution is 5.91. The van der Waals surface area contributed by atoms with Crippen molar-refractivity contribution in [3.63, 3.8) is 0 Å². The van der Waals surface area contributed by atoms with Crippen LogP contribution in [0.3, 0.4) is 0 Å². The Balaban J connectivity index is 1.56. The lowest BCUT2D eigenvalue weighted by atomic mass is 10.1. The topological polar surface area (TPSA) is 105 Å². The number of rotatable bonds is 4. The number of aromatic nitrogens is 3. The Kier molecular flexibility index (Phi) is 5.89. The third-order valence-electron chi connectivity index (χ3n) is 4.65. The number of ether oxygens (including phenoxy) is 1. The highest BCUT2D eigenvalue weighted by atomic mass is 16.5. The molecule has 2 aromatic carbocycles. The summed E-state index contributed by atoms with van der Waals surface area (Å²) in [6.07, 6.45) is 4.42. The normalized spacial score (nSPS) is 12.0. The Bertz CT molecular complexity index is 1480. The van der Waals surface area contributed by atoms with Gasteiger partial charge in [-0.25, -0.2) is 4.79 Å². The summed E-state index contributed by atoms with van der Waals surface area (Å²) >= 11 is 0. The molecule has 0 bridgehead atoms. The van der Waals surface area contributed by atoms with E-state index < -0.39 is 17.1 Å². The number of pyridine rings is 1. The van der Waals surface area contributed by atoms with Gasteiger partial charge in [-0.05, 0) is 48.9 Å². The summed E-state index contributed by atoms with van der Waals surface area (Å²) in [5, 5.41) is 0.224. The predicted octanol–water partition coefficient (Wildman–Crippen LogP) is 1.64. The zero-order chi connectivity index (χ0) is 22.5. The molecule has 0 aliphatic heterocycles. The van der Waals surface area contributed by atoms with Gasteiger partial charge in [0.1, 0.15) is 16.4 Å². The van der Waals surface area contributed by atoms with E-state index in [1.54, 1.807) is 30.3 Å². The van der Waals surface area contributed by atoms with Crippen LogP contribution < -0.4 is 26.6 Å². The molecule has 0 amide bonds. The molecule has 2 aromatic heterocycles. The second kappa shape index (κ2) is 9.09. The van der Waals surface area contributed by atoms with Gasteiger partial charge in [-0.1, -0.05) is 48.0 Å². The number of H-pyrrole nitrogens is 2. The van der Waals surface area contributed by atoms with Gasteiger partial charge in [-0.3, -0.25) is 14.6 Å². The first-order chi connectivity index (χ1) is 15.5. The van der Waals surface area contributed by atoms with Gasteiger partial charge in [0.15, 0.2) is 0 Å². The monoisotopic (exact) mass is 425 g/mol. The van der Waals surface area contributed by atoms with Gasteiger partial charge < -0.3 is 14.7 Å². The highest BCUT2D eigenvalue weighted by Gasteiger charge is 2.08. The van der Waals surface area contributed by atoms with E-state index in [4.69, 9.17) is 4.74 Å². The maximum absolute atomic E-state index is 12.4. The van der Waals surface area contributed by atoms with E-state index in [1.807, 2.05) is 49.4 Å². The fourth-order valence-corrected chi connectivity index (χ4v) is 2.95. The van der Waals surface area contributed by atoms with Crippen molar-refractivity contribution in [2.45, 2.75) is 6.92 Å². The molecular formula is C25H19N3O4. The van der Waals surface area contributed by atoms with Gasteiger partial charge in [-0.2, -0.15) is 0 Å². The molecule has 7 nitrogen and oxygen atoms in total. The van der Waals surface area contributed by atoms with E-state index in [2.05, 4.69) is 15.0 Å². The summed E-state index contributed by atoms with van der Waals surface area (Å²) in [6, 6.07) is 19.4. The highest BCUT2D eigenvalue weighted by Crippen LogP contribution is 2.13. The third kappa shape index (κ3) is 4.96. The molecule has 4 rings (SSSR count). The maximum atomic E-state index is 12.4. The lowest BCUT2D eigenvalue weighted by Crippen LogP contribution is -2.46. The molecule has 158 valence electrons. The molecule has 0 atom stereocenters. The number of hydrogen-bond acceptors (Lipinski definition) is 5. The molecule has 2 heterocycles. The summed E-state index contributed by atoms with van der Waals surface area (Å²) in [7, 11) is 0. The van der Waals surface area contributed by atoms with E-state index >= 15 is 0 Å². The molecule has 0 radical (unpaired) electrons. The molecule has 7 heteroatoms. The van der Waals surface area contributed by atoms with Crippen LogP contribution in [0.2, 0.25) is 0 Å². The Morgan fingerprint density at radius 1 is 0.844 bits per heavy atom. The molecule has 0 aliphatic carbocycles. The van der Waals surface area contributed by atoms with Crippen LogP contribution in [0.4, 0.5) is 0 Å². The number of hydrogen-bond donors (Lipinski definition) is 2. The average molecular weight is 425 g/mol. The van der Waals surface area contributed by atoms with Crippen LogP contribution in [0.1, 0.15) is 27.2 Å². The van der Waals surface area contributed by atoms with E-state index in [0.717, 1.165) is 11.1 Å². The van der Waals surface area contributed by atoms with Gasteiger partial charge in [0, 0.05) is 0 Å². The van der Waals surface area contributed by atoms with Crippen molar-refractivity contribution < 1.29 is 9.53 Å². The van der Waals surface area contributed by atoms with E-state index in [0.29, 0.717) is 11.3 Å². The zero-order valence-electron chi connectivity index (χ0n) is 17.2. The minimum atomic E-state index is -0.491. The van der Waals surface area contributed by atoms with Crippen LogP contribution in [0.15, 0.2) is 82.5 Å². The standard InChI is InChI=1S/C25H19N3O4/c1-16-7-9-18(10-8-16)25(31)32-20-12-11-19(26-15-20)14-22-24(30)27-21(23(29)28-22)13-17-5-3-2-4-6-17/h2-15H,1H3,(H,27,30)(H,28,29). The molecule has 0 saturated carbocycles. The van der Waals surface area contributed by atoms with Crippen molar-refractivity contribution in [1.82, 2.24) is 15.0 Å². The molecule has 0 fully saturated rings. The number of nitrogens with zero attached hydrogens (tertiary/aromatic N) is 1.